The molecule has 0 amide bonds. The van der Waals surface area contributed by atoms with E-state index in [9.17, 15) is 0 Å². The van der Waals surface area contributed by atoms with E-state index in [0.717, 1.165) is 13.1 Å². The lowest BCUT2D eigenvalue weighted by Crippen LogP contribution is -2.44. The highest BCUT2D eigenvalue weighted by molar-refractivity contribution is 4.86. The molecule has 1 saturated carbocycles. The Labute approximate surface area is 88.6 Å². The van der Waals surface area contributed by atoms with Crippen LogP contribution in [0.1, 0.15) is 52.4 Å². The van der Waals surface area contributed by atoms with Crippen molar-refractivity contribution in [2.45, 2.75) is 57.9 Å². The number of rotatable bonds is 5. The van der Waals surface area contributed by atoms with Crippen molar-refractivity contribution in [2.75, 3.05) is 13.1 Å². The molecule has 1 unspecified atom stereocenters. The summed E-state index contributed by atoms with van der Waals surface area (Å²) in [5.74, 6) is 0.662. The van der Waals surface area contributed by atoms with Crippen LogP contribution in [0.25, 0.3) is 0 Å². The number of hydrogen-bond donors (Lipinski definition) is 2. The molecule has 1 aliphatic carbocycles. The van der Waals surface area contributed by atoms with Crippen LogP contribution >= 0.6 is 0 Å². The standard InChI is InChI=1S/C12H26N2/c1-11(10-13)6-9-14-12(2)7-4-3-5-8-12/h11,14H,3-10,13H2,1-2H3. The van der Waals surface area contributed by atoms with E-state index in [1.165, 1.54) is 38.5 Å². The maximum atomic E-state index is 5.60. The molecule has 1 aliphatic rings. The van der Waals surface area contributed by atoms with Crippen molar-refractivity contribution in [1.82, 2.24) is 5.32 Å². The van der Waals surface area contributed by atoms with Crippen molar-refractivity contribution in [3.8, 4) is 0 Å². The quantitative estimate of drug-likeness (QED) is 0.711. The molecular weight excluding hydrogens is 172 g/mol. The van der Waals surface area contributed by atoms with Crippen molar-refractivity contribution < 1.29 is 0 Å². The number of hydrogen-bond acceptors (Lipinski definition) is 2. The van der Waals surface area contributed by atoms with Crippen molar-refractivity contribution >= 4 is 0 Å². The van der Waals surface area contributed by atoms with Gasteiger partial charge >= 0.3 is 0 Å². The fourth-order valence-electron chi connectivity index (χ4n) is 2.25. The van der Waals surface area contributed by atoms with E-state index in [1.807, 2.05) is 0 Å². The highest BCUT2D eigenvalue weighted by atomic mass is 15.0. The Morgan fingerprint density at radius 1 is 1.29 bits per heavy atom. The maximum Gasteiger partial charge on any atom is 0.0153 e. The van der Waals surface area contributed by atoms with Gasteiger partial charge in [0.25, 0.3) is 0 Å². The van der Waals surface area contributed by atoms with Gasteiger partial charge in [-0.1, -0.05) is 26.2 Å². The van der Waals surface area contributed by atoms with Crippen LogP contribution in [0.15, 0.2) is 0 Å². The molecule has 3 N–H and O–H groups in total. The largest absolute Gasteiger partial charge is 0.330 e. The molecule has 0 bridgehead atoms. The molecule has 0 aromatic carbocycles. The second-order valence-corrected chi connectivity index (χ2v) is 5.18. The van der Waals surface area contributed by atoms with Gasteiger partial charge < -0.3 is 11.1 Å². The minimum atomic E-state index is 0.423. The zero-order valence-electron chi connectivity index (χ0n) is 9.81. The van der Waals surface area contributed by atoms with E-state index < -0.39 is 0 Å². The van der Waals surface area contributed by atoms with Crippen LogP contribution in [0.5, 0.6) is 0 Å². The minimum absolute atomic E-state index is 0.423. The fourth-order valence-corrected chi connectivity index (χ4v) is 2.25. The molecule has 0 aromatic rings. The predicted octanol–water partition coefficient (Wildman–Crippen LogP) is 2.28. The van der Waals surface area contributed by atoms with Crippen molar-refractivity contribution in [3.05, 3.63) is 0 Å². The minimum Gasteiger partial charge on any atom is -0.330 e. The number of nitrogens with two attached hydrogens (primary N) is 1. The summed E-state index contributed by atoms with van der Waals surface area (Å²) in [6, 6.07) is 0. The average Bonchev–Trinajstić information content (AvgIpc) is 2.18. The summed E-state index contributed by atoms with van der Waals surface area (Å²) in [4.78, 5) is 0. The van der Waals surface area contributed by atoms with Gasteiger partial charge in [0, 0.05) is 5.54 Å². The Morgan fingerprint density at radius 2 is 1.93 bits per heavy atom. The van der Waals surface area contributed by atoms with Gasteiger partial charge in [0.15, 0.2) is 0 Å². The smallest absolute Gasteiger partial charge is 0.0153 e. The topological polar surface area (TPSA) is 38.0 Å². The monoisotopic (exact) mass is 198 g/mol. The van der Waals surface area contributed by atoms with Gasteiger partial charge in [-0.25, -0.2) is 0 Å². The van der Waals surface area contributed by atoms with E-state index in [-0.39, 0.29) is 0 Å². The second kappa shape index (κ2) is 5.72. The van der Waals surface area contributed by atoms with Gasteiger partial charge in [-0.15, -0.1) is 0 Å². The van der Waals surface area contributed by atoms with E-state index in [4.69, 9.17) is 5.73 Å². The Bertz CT molecular complexity index is 150. The fraction of sp³-hybridized carbons (Fsp3) is 1.00. The Balaban J connectivity index is 2.15. The Hall–Kier alpha value is -0.0800. The zero-order chi connectivity index (χ0) is 10.4. The van der Waals surface area contributed by atoms with E-state index in [0.29, 0.717) is 11.5 Å². The van der Waals surface area contributed by atoms with Crippen LogP contribution < -0.4 is 11.1 Å². The summed E-state index contributed by atoms with van der Waals surface area (Å²) in [6.07, 6.45) is 8.14. The summed E-state index contributed by atoms with van der Waals surface area (Å²) < 4.78 is 0. The molecule has 1 fully saturated rings. The second-order valence-electron chi connectivity index (χ2n) is 5.18. The molecule has 1 rings (SSSR count). The lowest BCUT2D eigenvalue weighted by atomic mass is 9.83. The summed E-state index contributed by atoms with van der Waals surface area (Å²) >= 11 is 0. The van der Waals surface area contributed by atoms with Gasteiger partial charge in [0.05, 0.1) is 0 Å². The van der Waals surface area contributed by atoms with Crippen molar-refractivity contribution in [2.24, 2.45) is 11.7 Å². The van der Waals surface area contributed by atoms with Gasteiger partial charge in [0.1, 0.15) is 0 Å². The van der Waals surface area contributed by atoms with Crippen molar-refractivity contribution in [1.29, 1.82) is 0 Å². The third-order valence-corrected chi connectivity index (χ3v) is 3.55. The summed E-state index contributed by atoms with van der Waals surface area (Å²) in [5, 5.41) is 3.71. The van der Waals surface area contributed by atoms with Crippen LogP contribution in [0.4, 0.5) is 0 Å². The van der Waals surface area contributed by atoms with Crippen LogP contribution in [0.2, 0.25) is 0 Å². The Kier molecular flexibility index (Phi) is 4.90. The van der Waals surface area contributed by atoms with Gasteiger partial charge in [-0.3, -0.25) is 0 Å². The molecule has 0 radical (unpaired) electrons. The molecule has 0 heterocycles. The molecule has 0 spiro atoms. The third-order valence-electron chi connectivity index (χ3n) is 3.55. The third kappa shape index (κ3) is 3.97. The molecule has 1 atom stereocenters. The van der Waals surface area contributed by atoms with Gasteiger partial charge in [-0.2, -0.15) is 0 Å². The van der Waals surface area contributed by atoms with Gasteiger partial charge in [-0.05, 0) is 45.2 Å². The highest BCUT2D eigenvalue weighted by Crippen LogP contribution is 2.27. The summed E-state index contributed by atoms with van der Waals surface area (Å²) in [6.45, 7) is 6.55. The average molecular weight is 198 g/mol. The van der Waals surface area contributed by atoms with E-state index >= 15 is 0 Å². The molecule has 0 saturated heterocycles. The normalized spacial score (nSPS) is 23.4. The first kappa shape index (κ1) is 12.0. The molecule has 0 aromatic heterocycles. The molecule has 2 nitrogen and oxygen atoms in total. The van der Waals surface area contributed by atoms with Crippen LogP contribution in [0.3, 0.4) is 0 Å². The lowest BCUT2D eigenvalue weighted by molar-refractivity contribution is 0.249. The molecule has 84 valence electrons. The predicted molar refractivity (Wildman–Crippen MR) is 62.3 cm³/mol. The maximum absolute atomic E-state index is 5.60. The summed E-state index contributed by atoms with van der Waals surface area (Å²) in [5.41, 5.74) is 6.02. The first-order valence-electron chi connectivity index (χ1n) is 6.11. The lowest BCUT2D eigenvalue weighted by Gasteiger charge is -2.35. The molecule has 0 aliphatic heterocycles. The van der Waals surface area contributed by atoms with Gasteiger partial charge in [0.2, 0.25) is 0 Å². The summed E-state index contributed by atoms with van der Waals surface area (Å²) in [7, 11) is 0. The first-order valence-corrected chi connectivity index (χ1v) is 6.11. The first-order chi connectivity index (χ1) is 6.66. The zero-order valence-corrected chi connectivity index (χ0v) is 9.81. The van der Waals surface area contributed by atoms with E-state index in [1.54, 1.807) is 0 Å². The van der Waals surface area contributed by atoms with Crippen LogP contribution in [-0.2, 0) is 0 Å². The number of nitrogens with one attached hydrogen (secondary N) is 1. The molecule has 2 heteroatoms. The molecular formula is C12H26N2. The highest BCUT2D eigenvalue weighted by Gasteiger charge is 2.25. The van der Waals surface area contributed by atoms with Crippen molar-refractivity contribution in [3.63, 3.8) is 0 Å². The van der Waals surface area contributed by atoms with E-state index in [2.05, 4.69) is 19.2 Å². The molecule has 14 heavy (non-hydrogen) atoms. The van der Waals surface area contributed by atoms with Crippen LogP contribution in [0, 0.1) is 5.92 Å². The SMILES string of the molecule is CC(CN)CCNC1(C)CCCCC1. The Morgan fingerprint density at radius 3 is 2.50 bits per heavy atom. The van der Waals surface area contributed by atoms with Crippen LogP contribution in [-0.4, -0.2) is 18.6 Å².